The summed E-state index contributed by atoms with van der Waals surface area (Å²) in [6.07, 6.45) is 3.85. The minimum atomic E-state index is -0.378. The van der Waals surface area contributed by atoms with E-state index >= 15 is 0 Å². The minimum absolute atomic E-state index is 0.00102. The topological polar surface area (TPSA) is 81.9 Å². The van der Waals surface area contributed by atoms with E-state index in [-0.39, 0.29) is 10.6 Å². The Kier molecular flexibility index (Phi) is 6.43. The Bertz CT molecular complexity index is 964. The third kappa shape index (κ3) is 4.52. The van der Waals surface area contributed by atoms with Crippen LogP contribution in [0.2, 0.25) is 0 Å². The van der Waals surface area contributed by atoms with Crippen molar-refractivity contribution in [2.75, 3.05) is 75.2 Å². The maximum absolute atomic E-state index is 11.6. The summed E-state index contributed by atoms with van der Waals surface area (Å²) in [5.74, 6) is 1.57. The smallest absolute Gasteiger partial charge is 0.297 e. The van der Waals surface area contributed by atoms with Crippen LogP contribution in [-0.2, 0) is 0 Å². The minimum Gasteiger partial charge on any atom is -0.351 e. The first kappa shape index (κ1) is 21.2. The number of anilines is 2. The summed E-state index contributed by atoms with van der Waals surface area (Å²) in [5, 5.41) is 11.6. The summed E-state index contributed by atoms with van der Waals surface area (Å²) in [5.41, 5.74) is 0.913. The molecule has 31 heavy (non-hydrogen) atoms. The molecule has 2 aliphatic rings. The number of benzene rings is 1. The van der Waals surface area contributed by atoms with E-state index in [0.717, 1.165) is 77.1 Å². The molecule has 9 heteroatoms. The van der Waals surface area contributed by atoms with Gasteiger partial charge in [0.2, 0.25) is 0 Å². The molecule has 2 fully saturated rings. The van der Waals surface area contributed by atoms with Gasteiger partial charge in [-0.2, -0.15) is 0 Å². The van der Waals surface area contributed by atoms with E-state index < -0.39 is 0 Å². The first-order chi connectivity index (χ1) is 15.1. The molecule has 0 N–H and O–H groups in total. The van der Waals surface area contributed by atoms with Gasteiger partial charge in [0.1, 0.15) is 0 Å². The second kappa shape index (κ2) is 9.40. The molecule has 1 aromatic heterocycles. The van der Waals surface area contributed by atoms with Gasteiger partial charge < -0.3 is 9.80 Å². The van der Waals surface area contributed by atoms with Crippen molar-refractivity contribution in [2.24, 2.45) is 0 Å². The number of rotatable bonds is 7. The molecule has 0 radical (unpaired) electrons. The van der Waals surface area contributed by atoms with Gasteiger partial charge in [-0.05, 0) is 6.07 Å². The van der Waals surface area contributed by atoms with Crippen LogP contribution in [0.3, 0.4) is 0 Å². The van der Waals surface area contributed by atoms with Crippen LogP contribution < -0.4 is 9.80 Å². The van der Waals surface area contributed by atoms with E-state index in [4.69, 9.17) is 9.97 Å². The quantitative estimate of drug-likeness (QED) is 0.381. The predicted octanol–water partition coefficient (Wildman–Crippen LogP) is 2.15. The second-order valence-electron chi connectivity index (χ2n) is 7.93. The van der Waals surface area contributed by atoms with Gasteiger partial charge in [-0.1, -0.05) is 18.2 Å². The fraction of sp³-hybridized carbons (Fsp3) is 0.455. The summed E-state index contributed by atoms with van der Waals surface area (Å²) in [6.45, 7) is 16.3. The fourth-order valence-electron chi connectivity index (χ4n) is 4.27. The number of nitro groups is 1. The Morgan fingerprint density at radius 2 is 1.39 bits per heavy atom. The highest BCUT2D eigenvalue weighted by molar-refractivity contribution is 5.88. The van der Waals surface area contributed by atoms with Crippen LogP contribution in [0.5, 0.6) is 0 Å². The average molecular weight is 424 g/mol. The van der Waals surface area contributed by atoms with Crippen LogP contribution in [0.25, 0.3) is 11.0 Å². The van der Waals surface area contributed by atoms with Crippen molar-refractivity contribution in [1.82, 2.24) is 19.8 Å². The van der Waals surface area contributed by atoms with Crippen molar-refractivity contribution in [2.45, 2.75) is 0 Å². The van der Waals surface area contributed by atoms with Gasteiger partial charge in [0.25, 0.3) is 5.69 Å². The largest absolute Gasteiger partial charge is 0.351 e. The molecule has 2 saturated heterocycles. The summed E-state index contributed by atoms with van der Waals surface area (Å²) in [6, 6.07) is 4.98. The molecule has 0 aliphatic carbocycles. The van der Waals surface area contributed by atoms with Crippen LogP contribution in [0.4, 0.5) is 17.3 Å². The Hall–Kier alpha value is -3.04. The normalized spacial score (nSPS) is 18.3. The molecule has 0 saturated carbocycles. The molecular formula is C22H29N7O2. The molecule has 0 bridgehead atoms. The van der Waals surface area contributed by atoms with Gasteiger partial charge in [0, 0.05) is 71.5 Å². The summed E-state index contributed by atoms with van der Waals surface area (Å²) < 4.78 is 0. The third-order valence-electron chi connectivity index (χ3n) is 5.95. The molecule has 2 aromatic rings. The molecule has 4 rings (SSSR count). The molecular weight excluding hydrogens is 394 g/mol. The van der Waals surface area contributed by atoms with E-state index in [1.165, 1.54) is 6.07 Å². The zero-order chi connectivity index (χ0) is 21.8. The van der Waals surface area contributed by atoms with Crippen LogP contribution in [0.1, 0.15) is 0 Å². The Morgan fingerprint density at radius 1 is 0.871 bits per heavy atom. The number of hydrogen-bond donors (Lipinski definition) is 0. The molecule has 1 aromatic carbocycles. The van der Waals surface area contributed by atoms with Crippen LogP contribution in [-0.4, -0.2) is 90.1 Å². The molecule has 3 heterocycles. The van der Waals surface area contributed by atoms with Gasteiger partial charge in [-0.3, -0.25) is 19.9 Å². The number of fused-ring (bicyclic) bond motifs is 1. The molecule has 2 aliphatic heterocycles. The number of para-hydroxylation sites is 1. The van der Waals surface area contributed by atoms with Crippen molar-refractivity contribution < 1.29 is 4.92 Å². The lowest BCUT2D eigenvalue weighted by atomic mass is 10.2. The first-order valence-electron chi connectivity index (χ1n) is 10.7. The maximum atomic E-state index is 11.6. The zero-order valence-corrected chi connectivity index (χ0v) is 17.8. The number of nitro benzene ring substituents is 1. The third-order valence-corrected chi connectivity index (χ3v) is 5.95. The second-order valence-corrected chi connectivity index (χ2v) is 7.93. The van der Waals surface area contributed by atoms with E-state index in [1.54, 1.807) is 12.1 Å². The van der Waals surface area contributed by atoms with Crippen LogP contribution in [0, 0.1) is 10.1 Å². The monoisotopic (exact) mass is 423 g/mol. The lowest BCUT2D eigenvalue weighted by Gasteiger charge is -2.39. The van der Waals surface area contributed by atoms with E-state index in [1.807, 2.05) is 12.2 Å². The van der Waals surface area contributed by atoms with Crippen molar-refractivity contribution in [3.8, 4) is 0 Å². The maximum Gasteiger partial charge on any atom is 0.297 e. The standard InChI is InChI=1S/C22H29N7O2/c1-3-8-25-10-14-27(15-11-25)21-22(28-16-12-26(9-4-2)13-17-28)24-20-18(23-21)6-5-7-19(20)29(30)31/h3-7H,1-2,8-17H2. The highest BCUT2D eigenvalue weighted by atomic mass is 16.6. The summed E-state index contributed by atoms with van der Waals surface area (Å²) in [7, 11) is 0. The summed E-state index contributed by atoms with van der Waals surface area (Å²) >= 11 is 0. The Labute approximate surface area is 182 Å². The molecule has 0 atom stereocenters. The lowest BCUT2D eigenvalue weighted by Crippen LogP contribution is -2.49. The van der Waals surface area contributed by atoms with Gasteiger partial charge >= 0.3 is 0 Å². The molecule has 0 spiro atoms. The number of nitrogens with zero attached hydrogens (tertiary/aromatic N) is 7. The number of hydrogen-bond acceptors (Lipinski definition) is 8. The number of piperazine rings is 2. The predicted molar refractivity (Wildman–Crippen MR) is 124 cm³/mol. The van der Waals surface area contributed by atoms with Gasteiger partial charge in [0.05, 0.1) is 10.4 Å². The van der Waals surface area contributed by atoms with Crippen molar-refractivity contribution in [3.63, 3.8) is 0 Å². The van der Waals surface area contributed by atoms with Gasteiger partial charge in [-0.15, -0.1) is 13.2 Å². The molecule has 0 amide bonds. The molecule has 164 valence electrons. The highest BCUT2D eigenvalue weighted by Gasteiger charge is 2.28. The molecule has 9 nitrogen and oxygen atoms in total. The fourth-order valence-corrected chi connectivity index (χ4v) is 4.27. The first-order valence-corrected chi connectivity index (χ1v) is 10.7. The van der Waals surface area contributed by atoms with Crippen LogP contribution >= 0.6 is 0 Å². The van der Waals surface area contributed by atoms with Crippen LogP contribution in [0.15, 0.2) is 43.5 Å². The van der Waals surface area contributed by atoms with E-state index in [9.17, 15) is 10.1 Å². The van der Waals surface area contributed by atoms with Crippen molar-refractivity contribution in [1.29, 1.82) is 0 Å². The van der Waals surface area contributed by atoms with Crippen molar-refractivity contribution >= 4 is 28.4 Å². The lowest BCUT2D eigenvalue weighted by molar-refractivity contribution is -0.383. The number of non-ortho nitro benzene ring substituents is 1. The highest BCUT2D eigenvalue weighted by Crippen LogP contribution is 2.33. The Morgan fingerprint density at radius 3 is 1.87 bits per heavy atom. The van der Waals surface area contributed by atoms with E-state index in [2.05, 4.69) is 32.8 Å². The van der Waals surface area contributed by atoms with Gasteiger partial charge in [-0.25, -0.2) is 9.97 Å². The average Bonchev–Trinajstić information content (AvgIpc) is 2.79. The van der Waals surface area contributed by atoms with E-state index in [0.29, 0.717) is 11.0 Å². The SMILES string of the molecule is C=CCN1CCN(c2nc3cccc([N+](=O)[O-])c3nc2N2CCN(CC=C)CC2)CC1. The number of aromatic nitrogens is 2. The molecule has 0 unspecified atom stereocenters. The summed E-state index contributed by atoms with van der Waals surface area (Å²) in [4.78, 5) is 30.1. The zero-order valence-electron chi connectivity index (χ0n) is 17.8. The Balaban J connectivity index is 1.70. The van der Waals surface area contributed by atoms with Crippen molar-refractivity contribution in [3.05, 3.63) is 53.6 Å². The van der Waals surface area contributed by atoms with Gasteiger partial charge in [0.15, 0.2) is 17.2 Å².